The van der Waals surface area contributed by atoms with E-state index >= 15 is 0 Å². The molecule has 21 heavy (non-hydrogen) atoms. The van der Waals surface area contributed by atoms with Crippen LogP contribution < -0.4 is 4.74 Å². The molecule has 2 aromatic rings. The van der Waals surface area contributed by atoms with Crippen molar-refractivity contribution < 1.29 is 27.8 Å². The standard InChI is InChI=1S/C13H11F3N2O3/c1-21-11-10(12(19)20)6-17-18(11)7-8-3-2-4-9(5-8)13(14,15)16/h2-6H,7H2,1H3,(H,19,20). The zero-order valence-electron chi connectivity index (χ0n) is 10.9. The third kappa shape index (κ3) is 3.15. The summed E-state index contributed by atoms with van der Waals surface area (Å²) in [7, 11) is 1.27. The van der Waals surface area contributed by atoms with E-state index in [1.807, 2.05) is 0 Å². The van der Waals surface area contributed by atoms with Crippen molar-refractivity contribution in [3.8, 4) is 5.88 Å². The van der Waals surface area contributed by atoms with Crippen molar-refractivity contribution in [2.24, 2.45) is 0 Å². The molecule has 112 valence electrons. The minimum absolute atomic E-state index is 0.0140. The van der Waals surface area contributed by atoms with Crippen molar-refractivity contribution in [2.45, 2.75) is 12.7 Å². The Hall–Kier alpha value is -2.51. The monoisotopic (exact) mass is 300 g/mol. The first kappa shape index (κ1) is 14.9. The van der Waals surface area contributed by atoms with Gasteiger partial charge in [-0.05, 0) is 17.7 Å². The van der Waals surface area contributed by atoms with Crippen LogP contribution in [0.5, 0.6) is 5.88 Å². The second-order valence-electron chi connectivity index (χ2n) is 4.23. The van der Waals surface area contributed by atoms with Crippen molar-refractivity contribution in [1.29, 1.82) is 0 Å². The summed E-state index contributed by atoms with van der Waals surface area (Å²) in [6.07, 6.45) is -3.34. The highest BCUT2D eigenvalue weighted by Gasteiger charge is 2.30. The summed E-state index contributed by atoms with van der Waals surface area (Å²) < 4.78 is 44.1. The Balaban J connectivity index is 2.33. The molecule has 0 bridgehead atoms. The summed E-state index contributed by atoms with van der Waals surface area (Å²) in [5.74, 6) is -1.23. The van der Waals surface area contributed by atoms with E-state index in [1.54, 1.807) is 0 Å². The van der Waals surface area contributed by atoms with Crippen LogP contribution in [0.25, 0.3) is 0 Å². The summed E-state index contributed by atoms with van der Waals surface area (Å²) in [6, 6.07) is 4.73. The molecule has 0 aliphatic rings. The molecule has 1 aromatic carbocycles. The normalized spacial score (nSPS) is 11.4. The van der Waals surface area contributed by atoms with E-state index in [-0.39, 0.29) is 18.0 Å². The lowest BCUT2D eigenvalue weighted by Gasteiger charge is -2.10. The number of carboxylic acid groups (broad SMARTS) is 1. The smallest absolute Gasteiger partial charge is 0.416 e. The quantitative estimate of drug-likeness (QED) is 0.943. The third-order valence-corrected chi connectivity index (χ3v) is 2.80. The maximum Gasteiger partial charge on any atom is 0.416 e. The second-order valence-corrected chi connectivity index (χ2v) is 4.23. The third-order valence-electron chi connectivity index (χ3n) is 2.80. The summed E-state index contributed by atoms with van der Waals surface area (Å²) in [5, 5.41) is 12.8. The predicted octanol–water partition coefficient (Wildman–Crippen LogP) is 2.66. The van der Waals surface area contributed by atoms with Crippen LogP contribution >= 0.6 is 0 Å². The Morgan fingerprint density at radius 1 is 1.43 bits per heavy atom. The topological polar surface area (TPSA) is 64.3 Å². The number of ether oxygens (including phenoxy) is 1. The van der Waals surface area contributed by atoms with Gasteiger partial charge in [-0.15, -0.1) is 0 Å². The Morgan fingerprint density at radius 3 is 2.71 bits per heavy atom. The van der Waals surface area contributed by atoms with Crippen LogP contribution in [0.4, 0.5) is 13.2 Å². The van der Waals surface area contributed by atoms with Gasteiger partial charge in [-0.2, -0.15) is 18.3 Å². The van der Waals surface area contributed by atoms with E-state index in [9.17, 15) is 18.0 Å². The molecule has 0 unspecified atom stereocenters. The van der Waals surface area contributed by atoms with Crippen LogP contribution in [0.3, 0.4) is 0 Å². The lowest BCUT2D eigenvalue weighted by molar-refractivity contribution is -0.137. The molecule has 1 heterocycles. The van der Waals surface area contributed by atoms with Crippen LogP contribution in [0.2, 0.25) is 0 Å². The van der Waals surface area contributed by atoms with Gasteiger partial charge in [0.05, 0.1) is 25.4 Å². The van der Waals surface area contributed by atoms with E-state index in [0.29, 0.717) is 5.56 Å². The molecule has 5 nitrogen and oxygen atoms in total. The van der Waals surface area contributed by atoms with Crippen molar-refractivity contribution in [1.82, 2.24) is 9.78 Å². The molecule has 0 atom stereocenters. The fourth-order valence-electron chi connectivity index (χ4n) is 1.87. The first-order valence-electron chi connectivity index (χ1n) is 5.82. The van der Waals surface area contributed by atoms with Crippen molar-refractivity contribution in [3.63, 3.8) is 0 Å². The summed E-state index contributed by atoms with van der Waals surface area (Å²) in [4.78, 5) is 10.9. The fraction of sp³-hybridized carbons (Fsp3) is 0.231. The highest BCUT2D eigenvalue weighted by molar-refractivity contribution is 5.89. The highest BCUT2D eigenvalue weighted by atomic mass is 19.4. The Morgan fingerprint density at radius 2 is 2.14 bits per heavy atom. The molecule has 0 spiro atoms. The number of carboxylic acids is 1. The molecule has 0 saturated heterocycles. The molecule has 0 fully saturated rings. The fourth-order valence-corrected chi connectivity index (χ4v) is 1.87. The number of aromatic carboxylic acids is 1. The first-order valence-corrected chi connectivity index (χ1v) is 5.82. The molecule has 1 N–H and O–H groups in total. The number of aromatic nitrogens is 2. The summed E-state index contributed by atoms with van der Waals surface area (Å²) in [6.45, 7) is -0.0274. The molecule has 0 aliphatic carbocycles. The van der Waals surface area contributed by atoms with Gasteiger partial charge >= 0.3 is 12.1 Å². The largest absolute Gasteiger partial charge is 0.481 e. The van der Waals surface area contributed by atoms with Gasteiger partial charge in [0.2, 0.25) is 5.88 Å². The van der Waals surface area contributed by atoms with E-state index in [0.717, 1.165) is 18.3 Å². The lowest BCUT2D eigenvalue weighted by atomic mass is 10.1. The number of nitrogens with zero attached hydrogens (tertiary/aromatic N) is 2. The number of alkyl halides is 3. The molecule has 1 aromatic heterocycles. The molecular formula is C13H11F3N2O3. The maximum atomic E-state index is 12.6. The number of hydrogen-bond acceptors (Lipinski definition) is 3. The van der Waals surface area contributed by atoms with Crippen molar-refractivity contribution >= 4 is 5.97 Å². The van der Waals surface area contributed by atoms with Gasteiger partial charge in [0.25, 0.3) is 0 Å². The van der Waals surface area contributed by atoms with E-state index in [2.05, 4.69) is 5.10 Å². The molecule has 0 saturated carbocycles. The van der Waals surface area contributed by atoms with Crippen molar-refractivity contribution in [2.75, 3.05) is 7.11 Å². The number of halogens is 3. The van der Waals surface area contributed by atoms with Crippen molar-refractivity contribution in [3.05, 3.63) is 47.2 Å². The molecule has 0 aliphatic heterocycles. The number of rotatable bonds is 4. The number of benzene rings is 1. The average molecular weight is 300 g/mol. The Bertz CT molecular complexity index is 665. The molecular weight excluding hydrogens is 289 g/mol. The highest BCUT2D eigenvalue weighted by Crippen LogP contribution is 2.30. The van der Waals surface area contributed by atoms with Gasteiger partial charge in [-0.1, -0.05) is 12.1 Å². The molecule has 0 amide bonds. The Labute approximate surface area is 117 Å². The minimum Gasteiger partial charge on any atom is -0.481 e. The first-order chi connectivity index (χ1) is 9.82. The zero-order valence-corrected chi connectivity index (χ0v) is 10.9. The lowest BCUT2D eigenvalue weighted by Crippen LogP contribution is -2.09. The van der Waals surface area contributed by atoms with Crippen LogP contribution in [0, 0.1) is 0 Å². The van der Waals surface area contributed by atoms with Gasteiger partial charge in [-0.3, -0.25) is 0 Å². The van der Waals surface area contributed by atoms with Gasteiger partial charge in [-0.25, -0.2) is 9.48 Å². The summed E-state index contributed by atoms with van der Waals surface area (Å²) >= 11 is 0. The predicted molar refractivity (Wildman–Crippen MR) is 66.3 cm³/mol. The van der Waals surface area contributed by atoms with E-state index < -0.39 is 17.7 Å². The molecule has 8 heteroatoms. The van der Waals surface area contributed by atoms with Gasteiger partial charge in [0.15, 0.2) is 0 Å². The van der Waals surface area contributed by atoms with Crippen LogP contribution in [0.15, 0.2) is 30.5 Å². The zero-order chi connectivity index (χ0) is 15.6. The van der Waals surface area contributed by atoms with Crippen LogP contribution in [-0.2, 0) is 12.7 Å². The van der Waals surface area contributed by atoms with E-state index in [4.69, 9.17) is 9.84 Å². The number of hydrogen-bond donors (Lipinski definition) is 1. The van der Waals surface area contributed by atoms with E-state index in [1.165, 1.54) is 23.9 Å². The summed E-state index contributed by atoms with van der Waals surface area (Å²) in [5.41, 5.74) is -0.586. The van der Waals surface area contributed by atoms with Crippen LogP contribution in [0.1, 0.15) is 21.5 Å². The second kappa shape index (κ2) is 5.47. The Kier molecular flexibility index (Phi) is 3.88. The SMILES string of the molecule is COc1c(C(=O)O)cnn1Cc1cccc(C(F)(F)F)c1. The van der Waals surface area contributed by atoms with Crippen LogP contribution in [-0.4, -0.2) is 28.0 Å². The molecule has 2 rings (SSSR count). The minimum atomic E-state index is -4.43. The number of methoxy groups -OCH3 is 1. The molecule has 0 radical (unpaired) electrons. The van der Waals surface area contributed by atoms with Gasteiger partial charge < -0.3 is 9.84 Å². The number of carbonyl (C=O) groups is 1. The van der Waals surface area contributed by atoms with Gasteiger partial charge in [0, 0.05) is 0 Å². The maximum absolute atomic E-state index is 12.6. The average Bonchev–Trinajstić information content (AvgIpc) is 2.81. The van der Waals surface area contributed by atoms with Gasteiger partial charge in [0.1, 0.15) is 5.56 Å².